The van der Waals surface area contributed by atoms with Crippen molar-refractivity contribution in [1.29, 1.82) is 0 Å². The molecule has 2 aromatic rings. The van der Waals surface area contributed by atoms with Crippen molar-refractivity contribution in [3.8, 4) is 5.82 Å². The third kappa shape index (κ3) is 1.62. The summed E-state index contributed by atoms with van der Waals surface area (Å²) >= 11 is 0. The zero-order chi connectivity index (χ0) is 9.97. The molecule has 0 aliphatic carbocycles. The van der Waals surface area contributed by atoms with E-state index in [9.17, 15) is 0 Å². The molecule has 0 bridgehead atoms. The summed E-state index contributed by atoms with van der Waals surface area (Å²) in [6.07, 6.45) is 3.57. The molecule has 0 aromatic carbocycles. The first kappa shape index (κ1) is 8.83. The molecule has 0 saturated heterocycles. The maximum absolute atomic E-state index is 5.48. The molecule has 0 fully saturated rings. The number of nitrogens with two attached hydrogens (primary N) is 1. The highest BCUT2D eigenvalue weighted by Gasteiger charge is 2.00. The molecule has 0 aliphatic heterocycles. The van der Waals surface area contributed by atoms with Gasteiger partial charge in [-0.15, -0.1) is 5.10 Å². The van der Waals surface area contributed by atoms with Gasteiger partial charge in [-0.25, -0.2) is 4.68 Å². The average Bonchev–Trinajstić information content (AvgIpc) is 2.67. The monoisotopic (exact) mass is 189 g/mol. The predicted molar refractivity (Wildman–Crippen MR) is 51.8 cm³/mol. The molecule has 0 aliphatic rings. The highest BCUT2D eigenvalue weighted by Crippen LogP contribution is 2.04. The quantitative estimate of drug-likeness (QED) is 0.743. The topological polar surface area (TPSA) is 69.6 Å². The van der Waals surface area contributed by atoms with Crippen LogP contribution in [-0.2, 0) is 6.54 Å². The lowest BCUT2D eigenvalue weighted by Crippen LogP contribution is -2.00. The minimum Gasteiger partial charge on any atom is -0.326 e. The second kappa shape index (κ2) is 3.55. The van der Waals surface area contributed by atoms with Gasteiger partial charge in [-0.2, -0.15) is 10.2 Å². The van der Waals surface area contributed by atoms with E-state index in [-0.39, 0.29) is 0 Å². The first-order valence-corrected chi connectivity index (χ1v) is 4.34. The van der Waals surface area contributed by atoms with E-state index in [1.165, 1.54) is 0 Å². The maximum Gasteiger partial charge on any atom is 0.175 e. The van der Waals surface area contributed by atoms with Crippen molar-refractivity contribution in [2.24, 2.45) is 5.73 Å². The molecular weight excluding hydrogens is 178 g/mol. The fraction of sp³-hybridized carbons (Fsp3) is 0.222. The minimum absolute atomic E-state index is 0.485. The molecule has 2 N–H and O–H groups in total. The van der Waals surface area contributed by atoms with Crippen LogP contribution in [0, 0.1) is 6.92 Å². The van der Waals surface area contributed by atoms with Crippen LogP contribution in [0.5, 0.6) is 0 Å². The van der Waals surface area contributed by atoms with E-state index >= 15 is 0 Å². The molecule has 14 heavy (non-hydrogen) atoms. The van der Waals surface area contributed by atoms with Gasteiger partial charge >= 0.3 is 0 Å². The highest BCUT2D eigenvalue weighted by atomic mass is 15.3. The normalized spacial score (nSPS) is 10.4. The van der Waals surface area contributed by atoms with Gasteiger partial charge in [0.1, 0.15) is 0 Å². The summed E-state index contributed by atoms with van der Waals surface area (Å²) in [5.41, 5.74) is 7.34. The number of hydrogen-bond donors (Lipinski definition) is 1. The minimum atomic E-state index is 0.485. The molecule has 0 unspecified atom stereocenters. The van der Waals surface area contributed by atoms with Crippen molar-refractivity contribution in [3.63, 3.8) is 0 Å². The largest absolute Gasteiger partial charge is 0.326 e. The molecular formula is C9H11N5. The number of hydrogen-bond acceptors (Lipinski definition) is 4. The van der Waals surface area contributed by atoms with E-state index in [0.717, 1.165) is 11.3 Å². The lowest BCUT2D eigenvalue weighted by Gasteiger charge is -1.98. The van der Waals surface area contributed by atoms with Crippen LogP contribution in [0.15, 0.2) is 24.5 Å². The van der Waals surface area contributed by atoms with Crippen LogP contribution in [0.3, 0.4) is 0 Å². The summed E-state index contributed by atoms with van der Waals surface area (Å²) in [6, 6.07) is 3.77. The molecule has 0 atom stereocenters. The summed E-state index contributed by atoms with van der Waals surface area (Å²) < 4.78 is 1.66. The molecule has 72 valence electrons. The number of nitrogens with zero attached hydrogens (tertiary/aromatic N) is 4. The summed E-state index contributed by atoms with van der Waals surface area (Å²) in [6.45, 7) is 2.38. The first-order chi connectivity index (χ1) is 6.79. The maximum atomic E-state index is 5.48. The molecule has 0 amide bonds. The predicted octanol–water partition coefficient (Wildman–Crippen LogP) is 0.429. The van der Waals surface area contributed by atoms with Gasteiger partial charge in [-0.05, 0) is 19.1 Å². The van der Waals surface area contributed by atoms with Crippen molar-refractivity contribution < 1.29 is 0 Å². The molecule has 2 aromatic heterocycles. The SMILES string of the molecule is Cc1ccc(-n2cc(CN)cn2)nn1. The summed E-state index contributed by atoms with van der Waals surface area (Å²) in [5.74, 6) is 0.704. The van der Waals surface area contributed by atoms with Gasteiger partial charge in [0.25, 0.3) is 0 Å². The second-order valence-corrected chi connectivity index (χ2v) is 3.03. The Kier molecular flexibility index (Phi) is 2.24. The molecule has 0 radical (unpaired) electrons. The van der Waals surface area contributed by atoms with Crippen molar-refractivity contribution in [2.45, 2.75) is 13.5 Å². The Morgan fingerprint density at radius 2 is 2.21 bits per heavy atom. The van der Waals surface area contributed by atoms with Crippen LogP contribution >= 0.6 is 0 Å². The Labute approximate surface area is 81.6 Å². The standard InChI is InChI=1S/C9H11N5/c1-7-2-3-9(13-12-7)14-6-8(4-10)5-11-14/h2-3,5-6H,4,10H2,1H3. The Morgan fingerprint density at radius 3 is 2.79 bits per heavy atom. The Balaban J connectivity index is 2.34. The Hall–Kier alpha value is -1.75. The highest BCUT2D eigenvalue weighted by molar-refractivity contribution is 5.21. The van der Waals surface area contributed by atoms with E-state index < -0.39 is 0 Å². The zero-order valence-corrected chi connectivity index (χ0v) is 7.88. The van der Waals surface area contributed by atoms with E-state index in [2.05, 4.69) is 15.3 Å². The van der Waals surface area contributed by atoms with Crippen LogP contribution in [0.25, 0.3) is 5.82 Å². The summed E-state index contributed by atoms with van der Waals surface area (Å²) in [5, 5.41) is 12.1. The van der Waals surface area contributed by atoms with Gasteiger partial charge < -0.3 is 5.73 Å². The number of rotatable bonds is 2. The van der Waals surface area contributed by atoms with Gasteiger partial charge in [0.2, 0.25) is 0 Å². The van der Waals surface area contributed by atoms with E-state index in [4.69, 9.17) is 5.73 Å². The zero-order valence-electron chi connectivity index (χ0n) is 7.88. The van der Waals surface area contributed by atoms with Gasteiger partial charge in [0.05, 0.1) is 11.9 Å². The Morgan fingerprint density at radius 1 is 1.36 bits per heavy atom. The van der Waals surface area contributed by atoms with Crippen LogP contribution in [0.4, 0.5) is 0 Å². The smallest absolute Gasteiger partial charge is 0.175 e. The number of aromatic nitrogens is 4. The van der Waals surface area contributed by atoms with Crippen molar-refractivity contribution in [1.82, 2.24) is 20.0 Å². The van der Waals surface area contributed by atoms with Crippen molar-refractivity contribution in [3.05, 3.63) is 35.8 Å². The van der Waals surface area contributed by atoms with Crippen molar-refractivity contribution in [2.75, 3.05) is 0 Å². The van der Waals surface area contributed by atoms with E-state index in [1.54, 1.807) is 10.9 Å². The molecule has 5 nitrogen and oxygen atoms in total. The van der Waals surface area contributed by atoms with E-state index in [0.29, 0.717) is 12.4 Å². The van der Waals surface area contributed by atoms with Gasteiger partial charge in [0.15, 0.2) is 5.82 Å². The summed E-state index contributed by atoms with van der Waals surface area (Å²) in [7, 11) is 0. The second-order valence-electron chi connectivity index (χ2n) is 3.03. The van der Waals surface area contributed by atoms with Crippen LogP contribution in [0.2, 0.25) is 0 Å². The van der Waals surface area contributed by atoms with Crippen LogP contribution < -0.4 is 5.73 Å². The molecule has 2 rings (SSSR count). The third-order valence-corrected chi connectivity index (χ3v) is 1.89. The van der Waals surface area contributed by atoms with Gasteiger partial charge in [0, 0.05) is 18.3 Å². The number of aryl methyl sites for hydroxylation is 1. The Bertz CT molecular complexity index is 417. The van der Waals surface area contributed by atoms with E-state index in [1.807, 2.05) is 25.3 Å². The van der Waals surface area contributed by atoms with Crippen LogP contribution in [0.1, 0.15) is 11.3 Å². The fourth-order valence-electron chi connectivity index (χ4n) is 1.10. The third-order valence-electron chi connectivity index (χ3n) is 1.89. The fourth-order valence-corrected chi connectivity index (χ4v) is 1.10. The van der Waals surface area contributed by atoms with Crippen molar-refractivity contribution >= 4 is 0 Å². The lowest BCUT2D eigenvalue weighted by atomic mass is 10.4. The first-order valence-electron chi connectivity index (χ1n) is 4.34. The molecule has 0 saturated carbocycles. The average molecular weight is 189 g/mol. The summed E-state index contributed by atoms with van der Waals surface area (Å²) in [4.78, 5) is 0. The molecule has 2 heterocycles. The van der Waals surface area contributed by atoms with Gasteiger partial charge in [-0.3, -0.25) is 0 Å². The van der Waals surface area contributed by atoms with Crippen LogP contribution in [-0.4, -0.2) is 20.0 Å². The lowest BCUT2D eigenvalue weighted by molar-refractivity contribution is 0.805. The molecule has 5 heteroatoms. The van der Waals surface area contributed by atoms with Gasteiger partial charge in [-0.1, -0.05) is 0 Å². The molecule has 0 spiro atoms.